The van der Waals surface area contributed by atoms with Gasteiger partial charge in [0, 0.05) is 11.6 Å². The fourth-order valence-electron chi connectivity index (χ4n) is 1.22. The Morgan fingerprint density at radius 2 is 2.18 bits per heavy atom. The van der Waals surface area contributed by atoms with Crippen molar-refractivity contribution in [2.24, 2.45) is 0 Å². The van der Waals surface area contributed by atoms with E-state index in [1.54, 1.807) is 6.20 Å². The molecular weight excluding hydrogens is 258 g/mol. The first-order valence-corrected chi connectivity index (χ1v) is 7.62. The van der Waals surface area contributed by atoms with E-state index in [4.69, 9.17) is 0 Å². The van der Waals surface area contributed by atoms with Crippen LogP contribution in [-0.4, -0.2) is 24.6 Å². The summed E-state index contributed by atoms with van der Waals surface area (Å²) < 4.78 is 24.3. The van der Waals surface area contributed by atoms with E-state index >= 15 is 0 Å². The van der Waals surface area contributed by atoms with Gasteiger partial charge in [0.1, 0.15) is 5.01 Å². The second kappa shape index (κ2) is 4.91. The normalized spacial score (nSPS) is 11.6. The van der Waals surface area contributed by atoms with Crippen LogP contribution in [0, 0.1) is 0 Å². The number of aromatic nitrogens is 2. The summed E-state index contributed by atoms with van der Waals surface area (Å²) in [5.41, 5.74) is 1.55. The molecule has 0 spiro atoms. The lowest BCUT2D eigenvalue weighted by atomic mass is 10.3. The molecule has 0 aliphatic rings. The maximum Gasteiger partial charge on any atom is 0.209 e. The summed E-state index contributed by atoms with van der Waals surface area (Å²) in [6.07, 6.45) is 2.82. The van der Waals surface area contributed by atoms with E-state index < -0.39 is 10.0 Å². The average Bonchev–Trinajstić information content (AvgIpc) is 2.75. The minimum atomic E-state index is -3.18. The Morgan fingerprint density at radius 3 is 2.82 bits per heavy atom. The van der Waals surface area contributed by atoms with Crippen molar-refractivity contribution >= 4 is 21.4 Å². The van der Waals surface area contributed by atoms with Crippen molar-refractivity contribution in [2.75, 3.05) is 6.26 Å². The van der Waals surface area contributed by atoms with Crippen molar-refractivity contribution in [3.05, 3.63) is 34.8 Å². The molecule has 90 valence electrons. The molecule has 17 heavy (non-hydrogen) atoms. The van der Waals surface area contributed by atoms with Crippen molar-refractivity contribution in [2.45, 2.75) is 6.54 Å². The lowest BCUT2D eigenvalue weighted by Gasteiger charge is -1.97. The van der Waals surface area contributed by atoms with Crippen LogP contribution in [0.4, 0.5) is 0 Å². The van der Waals surface area contributed by atoms with E-state index in [2.05, 4.69) is 14.7 Å². The van der Waals surface area contributed by atoms with Crippen molar-refractivity contribution in [3.63, 3.8) is 0 Å². The van der Waals surface area contributed by atoms with Crippen molar-refractivity contribution < 1.29 is 8.42 Å². The van der Waals surface area contributed by atoms with Crippen LogP contribution < -0.4 is 4.72 Å². The number of rotatable bonds is 4. The minimum absolute atomic E-state index is 0.219. The van der Waals surface area contributed by atoms with Gasteiger partial charge in [0.25, 0.3) is 0 Å². The number of nitrogens with zero attached hydrogens (tertiary/aromatic N) is 2. The van der Waals surface area contributed by atoms with Gasteiger partial charge in [-0.2, -0.15) is 0 Å². The molecule has 7 heteroatoms. The molecule has 0 saturated carbocycles. The zero-order valence-corrected chi connectivity index (χ0v) is 10.8. The maximum absolute atomic E-state index is 10.9. The topological polar surface area (TPSA) is 72.0 Å². The van der Waals surface area contributed by atoms with E-state index in [9.17, 15) is 8.42 Å². The summed E-state index contributed by atoms with van der Waals surface area (Å²) in [7, 11) is -3.18. The van der Waals surface area contributed by atoms with Crippen LogP contribution in [-0.2, 0) is 16.6 Å². The fourth-order valence-corrected chi connectivity index (χ4v) is 2.43. The van der Waals surface area contributed by atoms with Crippen LogP contribution in [0.3, 0.4) is 0 Å². The third kappa shape index (κ3) is 3.58. The van der Waals surface area contributed by atoms with E-state index in [-0.39, 0.29) is 6.54 Å². The summed E-state index contributed by atoms with van der Waals surface area (Å²) in [4.78, 5) is 8.49. The Hall–Kier alpha value is -1.31. The molecule has 0 bridgehead atoms. The third-order valence-electron chi connectivity index (χ3n) is 1.96. The zero-order chi connectivity index (χ0) is 12.3. The number of pyridine rings is 1. The first-order valence-electron chi connectivity index (χ1n) is 4.85. The molecule has 0 unspecified atom stereocenters. The number of thiazole rings is 1. The third-order valence-corrected chi connectivity index (χ3v) is 3.48. The van der Waals surface area contributed by atoms with Gasteiger partial charge in [-0.15, -0.1) is 11.3 Å². The largest absolute Gasteiger partial charge is 0.255 e. The summed E-state index contributed by atoms with van der Waals surface area (Å²) in [5, 5.41) is 2.58. The molecule has 0 radical (unpaired) electrons. The lowest BCUT2D eigenvalue weighted by Crippen LogP contribution is -2.21. The van der Waals surface area contributed by atoms with Gasteiger partial charge in [0.15, 0.2) is 0 Å². The minimum Gasteiger partial charge on any atom is -0.255 e. The molecule has 0 amide bonds. The van der Waals surface area contributed by atoms with Gasteiger partial charge < -0.3 is 0 Å². The molecule has 0 aliphatic heterocycles. The number of hydrogen-bond donors (Lipinski definition) is 1. The van der Waals surface area contributed by atoms with Crippen molar-refractivity contribution in [3.8, 4) is 11.4 Å². The number of hydrogen-bond acceptors (Lipinski definition) is 5. The monoisotopic (exact) mass is 269 g/mol. The van der Waals surface area contributed by atoms with Crippen molar-refractivity contribution in [1.29, 1.82) is 0 Å². The molecule has 0 atom stereocenters. The van der Waals surface area contributed by atoms with Crippen LogP contribution in [0.15, 0.2) is 29.8 Å². The Bertz CT molecular complexity index is 593. The first kappa shape index (κ1) is 12.2. The molecule has 2 rings (SSSR count). The van der Waals surface area contributed by atoms with Crippen LogP contribution in [0.25, 0.3) is 11.4 Å². The van der Waals surface area contributed by atoms with Gasteiger partial charge in [0.2, 0.25) is 10.0 Å². The Morgan fingerprint density at radius 1 is 1.35 bits per heavy atom. The molecule has 2 aromatic heterocycles. The molecule has 0 fully saturated rings. The van der Waals surface area contributed by atoms with Gasteiger partial charge >= 0.3 is 0 Å². The lowest BCUT2D eigenvalue weighted by molar-refractivity contribution is 0.587. The molecule has 2 aromatic rings. The van der Waals surface area contributed by atoms with Gasteiger partial charge in [-0.3, -0.25) is 4.98 Å². The molecule has 2 heterocycles. The van der Waals surface area contributed by atoms with Gasteiger partial charge in [-0.25, -0.2) is 18.1 Å². The molecule has 0 aromatic carbocycles. The number of sulfonamides is 1. The molecular formula is C10H11N3O2S2. The van der Waals surface area contributed by atoms with Gasteiger partial charge in [0.05, 0.1) is 24.2 Å². The fraction of sp³-hybridized carbons (Fsp3) is 0.200. The van der Waals surface area contributed by atoms with E-state index in [1.165, 1.54) is 11.3 Å². The molecule has 0 saturated heterocycles. The second-order valence-electron chi connectivity index (χ2n) is 3.43. The Labute approximate surface area is 104 Å². The predicted octanol–water partition coefficient (Wildman–Crippen LogP) is 1.25. The van der Waals surface area contributed by atoms with Gasteiger partial charge in [-0.05, 0) is 12.1 Å². The quantitative estimate of drug-likeness (QED) is 0.907. The van der Waals surface area contributed by atoms with Crippen LogP contribution in [0.1, 0.15) is 5.01 Å². The first-order chi connectivity index (χ1) is 8.04. The summed E-state index contributed by atoms with van der Waals surface area (Å²) in [5.74, 6) is 0. The summed E-state index contributed by atoms with van der Waals surface area (Å²) in [6, 6.07) is 5.58. The average molecular weight is 269 g/mol. The van der Waals surface area contributed by atoms with E-state index in [0.717, 1.165) is 22.7 Å². The van der Waals surface area contributed by atoms with Crippen LogP contribution in [0.5, 0.6) is 0 Å². The van der Waals surface area contributed by atoms with E-state index in [0.29, 0.717) is 0 Å². The van der Waals surface area contributed by atoms with Crippen LogP contribution >= 0.6 is 11.3 Å². The van der Waals surface area contributed by atoms with Crippen molar-refractivity contribution in [1.82, 2.24) is 14.7 Å². The Kier molecular flexibility index (Phi) is 3.51. The highest BCUT2D eigenvalue weighted by atomic mass is 32.2. The smallest absolute Gasteiger partial charge is 0.209 e. The predicted molar refractivity (Wildman–Crippen MR) is 67.0 cm³/mol. The number of nitrogens with one attached hydrogen (secondary N) is 1. The summed E-state index contributed by atoms with van der Waals surface area (Å²) in [6.45, 7) is 0.219. The highest BCUT2D eigenvalue weighted by Gasteiger charge is 2.07. The van der Waals surface area contributed by atoms with Crippen LogP contribution in [0.2, 0.25) is 0 Å². The van der Waals surface area contributed by atoms with Gasteiger partial charge in [-0.1, -0.05) is 6.07 Å². The summed E-state index contributed by atoms with van der Waals surface area (Å²) >= 11 is 1.41. The highest BCUT2D eigenvalue weighted by molar-refractivity contribution is 7.88. The molecule has 5 nitrogen and oxygen atoms in total. The zero-order valence-electron chi connectivity index (χ0n) is 9.12. The SMILES string of the molecule is CS(=O)(=O)NCc1nc(-c2ccccn2)cs1. The standard InChI is InChI=1S/C10H11N3O2S2/c1-17(14,15)12-6-10-13-9(7-16-10)8-4-2-3-5-11-8/h2-5,7,12H,6H2,1H3. The Balaban J connectivity index is 2.12. The second-order valence-corrected chi connectivity index (χ2v) is 6.21. The highest BCUT2D eigenvalue weighted by Crippen LogP contribution is 2.19. The maximum atomic E-state index is 10.9. The molecule has 1 N–H and O–H groups in total. The molecule has 0 aliphatic carbocycles. The van der Waals surface area contributed by atoms with E-state index in [1.807, 2.05) is 23.6 Å².